The average Bonchev–Trinajstić information content (AvgIpc) is 2.89. The maximum atomic E-state index is 6.04. The summed E-state index contributed by atoms with van der Waals surface area (Å²) in [6, 6.07) is 5.72. The maximum absolute atomic E-state index is 6.04. The van der Waals surface area contributed by atoms with Gasteiger partial charge in [-0.3, -0.25) is 0 Å². The van der Waals surface area contributed by atoms with Crippen LogP contribution >= 0.6 is 0 Å². The van der Waals surface area contributed by atoms with Gasteiger partial charge in [0.2, 0.25) is 0 Å². The lowest BCUT2D eigenvalue weighted by Gasteiger charge is -2.27. The molecule has 0 heterocycles. The molecule has 0 fully saturated rings. The molecule has 1 atom stereocenters. The third-order valence-electron chi connectivity index (χ3n) is 5.18. The summed E-state index contributed by atoms with van der Waals surface area (Å²) in [6.07, 6.45) is 4.65. The first-order valence-electron chi connectivity index (χ1n) is 12.2. The SMILES string of the molecule is COCCOC1=C(NCCNc2c(OCCOC)cccc2OCCOC)C(OCCOC)CC=C1. The molecule has 0 saturated carbocycles. The first-order valence-corrected chi connectivity index (χ1v) is 12.2. The van der Waals surface area contributed by atoms with Gasteiger partial charge >= 0.3 is 0 Å². The number of ether oxygens (including phenoxy) is 8. The van der Waals surface area contributed by atoms with Crippen molar-refractivity contribution in [3.8, 4) is 11.5 Å². The molecule has 1 unspecified atom stereocenters. The van der Waals surface area contributed by atoms with Crippen molar-refractivity contribution >= 4 is 5.69 Å². The van der Waals surface area contributed by atoms with E-state index in [1.807, 2.05) is 24.3 Å². The fourth-order valence-electron chi connectivity index (χ4n) is 3.43. The number of rotatable bonds is 21. The van der Waals surface area contributed by atoms with Gasteiger partial charge in [0.25, 0.3) is 0 Å². The molecule has 0 bridgehead atoms. The van der Waals surface area contributed by atoms with Gasteiger partial charge in [-0.15, -0.1) is 0 Å². The molecule has 36 heavy (non-hydrogen) atoms. The molecule has 0 spiro atoms. The smallest absolute Gasteiger partial charge is 0.146 e. The third kappa shape index (κ3) is 10.6. The molecular weight excluding hydrogens is 468 g/mol. The van der Waals surface area contributed by atoms with E-state index in [9.17, 15) is 0 Å². The van der Waals surface area contributed by atoms with Gasteiger partial charge < -0.3 is 48.5 Å². The van der Waals surface area contributed by atoms with E-state index in [0.29, 0.717) is 77.4 Å². The molecule has 2 N–H and O–H groups in total. The number of methoxy groups -OCH3 is 4. The van der Waals surface area contributed by atoms with Crippen molar-refractivity contribution < 1.29 is 37.9 Å². The Balaban J connectivity index is 2.06. The molecule has 0 saturated heterocycles. The van der Waals surface area contributed by atoms with Crippen LogP contribution in [0.15, 0.2) is 41.8 Å². The van der Waals surface area contributed by atoms with Crippen molar-refractivity contribution in [2.24, 2.45) is 0 Å². The van der Waals surface area contributed by atoms with Gasteiger partial charge in [-0.2, -0.15) is 0 Å². The number of nitrogens with one attached hydrogen (secondary N) is 2. The van der Waals surface area contributed by atoms with Crippen molar-refractivity contribution in [3.05, 3.63) is 41.8 Å². The molecule has 1 aromatic carbocycles. The molecule has 0 aliphatic heterocycles. The number of anilines is 1. The summed E-state index contributed by atoms with van der Waals surface area (Å²) in [5.74, 6) is 2.16. The van der Waals surface area contributed by atoms with Crippen molar-refractivity contribution in [1.29, 1.82) is 0 Å². The third-order valence-corrected chi connectivity index (χ3v) is 5.18. The summed E-state index contributed by atoms with van der Waals surface area (Å²) in [5, 5.41) is 6.96. The van der Waals surface area contributed by atoms with Gasteiger partial charge in [0.05, 0.1) is 38.7 Å². The van der Waals surface area contributed by atoms with Crippen LogP contribution in [0.4, 0.5) is 5.69 Å². The Labute approximate surface area is 214 Å². The zero-order valence-electron chi connectivity index (χ0n) is 22.0. The summed E-state index contributed by atoms with van der Waals surface area (Å²) in [5.41, 5.74) is 1.70. The molecule has 204 valence electrons. The predicted molar refractivity (Wildman–Crippen MR) is 138 cm³/mol. The summed E-state index contributed by atoms with van der Waals surface area (Å²) in [7, 11) is 6.61. The molecule has 1 aliphatic rings. The van der Waals surface area contributed by atoms with Crippen LogP contribution in [0.5, 0.6) is 11.5 Å². The number of hydrogen-bond acceptors (Lipinski definition) is 10. The first-order chi connectivity index (χ1) is 17.7. The monoisotopic (exact) mass is 510 g/mol. The van der Waals surface area contributed by atoms with Gasteiger partial charge in [0.1, 0.15) is 48.9 Å². The Kier molecular flexibility index (Phi) is 15.5. The van der Waals surface area contributed by atoms with Crippen molar-refractivity contribution in [3.63, 3.8) is 0 Å². The van der Waals surface area contributed by atoms with Crippen molar-refractivity contribution in [2.45, 2.75) is 12.5 Å². The van der Waals surface area contributed by atoms with Crippen LogP contribution in [0.1, 0.15) is 6.42 Å². The average molecular weight is 511 g/mol. The summed E-state index contributed by atoms with van der Waals surface area (Å²) < 4.78 is 44.3. The lowest BCUT2D eigenvalue weighted by Crippen LogP contribution is -2.33. The lowest BCUT2D eigenvalue weighted by molar-refractivity contribution is 0.0275. The normalized spacial score (nSPS) is 15.2. The Morgan fingerprint density at radius 2 is 1.25 bits per heavy atom. The van der Waals surface area contributed by atoms with Crippen LogP contribution in [0.2, 0.25) is 0 Å². The molecule has 0 amide bonds. The molecule has 2 rings (SSSR count). The Morgan fingerprint density at radius 3 is 1.86 bits per heavy atom. The highest BCUT2D eigenvalue weighted by molar-refractivity contribution is 5.66. The van der Waals surface area contributed by atoms with E-state index in [1.165, 1.54) is 0 Å². The topological polar surface area (TPSA) is 97.9 Å². The predicted octanol–water partition coefficient (Wildman–Crippen LogP) is 2.60. The largest absolute Gasteiger partial charge is 0.489 e. The Morgan fingerprint density at radius 1 is 0.694 bits per heavy atom. The number of allylic oxidation sites excluding steroid dienone is 1. The second kappa shape index (κ2) is 18.7. The fourth-order valence-corrected chi connectivity index (χ4v) is 3.43. The minimum atomic E-state index is -0.139. The molecule has 0 radical (unpaired) electrons. The zero-order chi connectivity index (χ0) is 25.8. The first kappa shape index (κ1) is 29.7. The Bertz CT molecular complexity index is 759. The number of hydrogen-bond donors (Lipinski definition) is 2. The van der Waals surface area contributed by atoms with E-state index in [-0.39, 0.29) is 6.10 Å². The van der Waals surface area contributed by atoms with Gasteiger partial charge in [-0.25, -0.2) is 0 Å². The van der Waals surface area contributed by atoms with E-state index in [0.717, 1.165) is 23.6 Å². The molecule has 10 nitrogen and oxygen atoms in total. The second-order valence-corrected chi connectivity index (χ2v) is 7.77. The number of para-hydroxylation sites is 1. The minimum absolute atomic E-state index is 0.139. The van der Waals surface area contributed by atoms with Crippen LogP contribution in [-0.2, 0) is 28.4 Å². The van der Waals surface area contributed by atoms with Gasteiger partial charge in [-0.1, -0.05) is 12.1 Å². The summed E-state index contributed by atoms with van der Waals surface area (Å²) in [6.45, 7) is 5.08. The maximum Gasteiger partial charge on any atom is 0.146 e. The Hall–Kier alpha value is -2.50. The molecule has 1 aromatic rings. The highest BCUT2D eigenvalue weighted by Crippen LogP contribution is 2.34. The van der Waals surface area contributed by atoms with Crippen LogP contribution in [-0.4, -0.2) is 100 Å². The van der Waals surface area contributed by atoms with Gasteiger partial charge in [0, 0.05) is 41.5 Å². The summed E-state index contributed by atoms with van der Waals surface area (Å²) in [4.78, 5) is 0. The van der Waals surface area contributed by atoms with E-state index >= 15 is 0 Å². The van der Waals surface area contributed by atoms with Crippen LogP contribution in [0, 0.1) is 0 Å². The summed E-state index contributed by atoms with van der Waals surface area (Å²) >= 11 is 0. The van der Waals surface area contributed by atoms with Crippen LogP contribution in [0.3, 0.4) is 0 Å². The number of benzene rings is 1. The minimum Gasteiger partial charge on any atom is -0.489 e. The second-order valence-electron chi connectivity index (χ2n) is 7.77. The highest BCUT2D eigenvalue weighted by atomic mass is 16.5. The molecule has 10 heteroatoms. The lowest BCUT2D eigenvalue weighted by atomic mass is 10.1. The van der Waals surface area contributed by atoms with Crippen LogP contribution < -0.4 is 20.1 Å². The fraction of sp³-hybridized carbons (Fsp3) is 0.615. The molecule has 1 aliphatic carbocycles. The van der Waals surface area contributed by atoms with Gasteiger partial charge in [-0.05, 0) is 24.6 Å². The van der Waals surface area contributed by atoms with E-state index in [2.05, 4.69) is 16.7 Å². The highest BCUT2D eigenvalue weighted by Gasteiger charge is 2.22. The van der Waals surface area contributed by atoms with Crippen molar-refractivity contribution in [1.82, 2.24) is 5.32 Å². The molecular formula is C26H42N2O8. The van der Waals surface area contributed by atoms with Crippen molar-refractivity contribution in [2.75, 3.05) is 99.7 Å². The standard InChI is InChI=1S/C26H42N2O8/c1-29-13-17-33-21-7-5-8-22(34-18-14-30-2)25(21)27-11-12-28-26-23(35-19-15-31-3)9-6-10-24(26)36-20-16-32-4/h5-9,24,27-28H,10-20H2,1-4H3. The van der Waals surface area contributed by atoms with E-state index < -0.39 is 0 Å². The van der Waals surface area contributed by atoms with E-state index in [4.69, 9.17) is 37.9 Å². The molecule has 0 aromatic heterocycles. The van der Waals surface area contributed by atoms with Gasteiger partial charge in [0.15, 0.2) is 0 Å². The quantitative estimate of drug-likeness (QED) is 0.240. The van der Waals surface area contributed by atoms with Crippen LogP contribution in [0.25, 0.3) is 0 Å². The zero-order valence-corrected chi connectivity index (χ0v) is 22.0. The van der Waals surface area contributed by atoms with E-state index in [1.54, 1.807) is 28.4 Å².